The molecule has 0 fully saturated rings. The van der Waals surface area contributed by atoms with Crippen molar-refractivity contribution in [1.29, 1.82) is 0 Å². The first-order valence-corrected chi connectivity index (χ1v) is 8.90. The van der Waals surface area contributed by atoms with Crippen molar-refractivity contribution in [3.63, 3.8) is 0 Å². The highest BCUT2D eigenvalue weighted by Crippen LogP contribution is 2.13. The van der Waals surface area contributed by atoms with Crippen LogP contribution in [-0.2, 0) is 12.8 Å². The molecule has 0 bridgehead atoms. The van der Waals surface area contributed by atoms with Crippen molar-refractivity contribution in [3.8, 4) is 0 Å². The number of hydrogen-bond donors (Lipinski definition) is 1. The number of rotatable bonds is 11. The van der Waals surface area contributed by atoms with Crippen LogP contribution in [-0.4, -0.2) is 15.8 Å². The van der Waals surface area contributed by atoms with E-state index < -0.39 is 0 Å². The molecule has 124 valence electrons. The second-order valence-electron chi connectivity index (χ2n) is 6.17. The SMILES string of the molecule is CCCCCCC(=O)c1ccc(CCCCc2ncc[nH]2)cc1. The number of hydrogen-bond acceptors (Lipinski definition) is 2. The van der Waals surface area contributed by atoms with Crippen molar-refractivity contribution in [2.45, 2.75) is 64.7 Å². The second-order valence-corrected chi connectivity index (χ2v) is 6.17. The van der Waals surface area contributed by atoms with Gasteiger partial charge in [-0.3, -0.25) is 4.79 Å². The van der Waals surface area contributed by atoms with E-state index in [1.165, 1.54) is 18.4 Å². The van der Waals surface area contributed by atoms with E-state index in [2.05, 4.69) is 29.0 Å². The highest BCUT2D eigenvalue weighted by Gasteiger charge is 2.05. The van der Waals surface area contributed by atoms with Gasteiger partial charge in [-0.15, -0.1) is 0 Å². The monoisotopic (exact) mass is 312 g/mol. The molecule has 3 heteroatoms. The maximum atomic E-state index is 12.1. The van der Waals surface area contributed by atoms with Crippen molar-refractivity contribution < 1.29 is 4.79 Å². The molecule has 0 spiro atoms. The summed E-state index contributed by atoms with van der Waals surface area (Å²) in [4.78, 5) is 19.5. The number of imidazole rings is 1. The molecule has 0 aliphatic heterocycles. The summed E-state index contributed by atoms with van der Waals surface area (Å²) in [6.45, 7) is 2.19. The zero-order chi connectivity index (χ0) is 16.3. The van der Waals surface area contributed by atoms with E-state index in [0.29, 0.717) is 6.42 Å². The van der Waals surface area contributed by atoms with E-state index in [0.717, 1.165) is 49.9 Å². The molecular formula is C20H28N2O. The maximum Gasteiger partial charge on any atom is 0.162 e. The summed E-state index contributed by atoms with van der Waals surface area (Å²) in [6, 6.07) is 8.19. The van der Waals surface area contributed by atoms with Crippen LogP contribution in [0.2, 0.25) is 0 Å². The highest BCUT2D eigenvalue weighted by atomic mass is 16.1. The van der Waals surface area contributed by atoms with Gasteiger partial charge in [-0.25, -0.2) is 4.98 Å². The largest absolute Gasteiger partial charge is 0.349 e. The van der Waals surface area contributed by atoms with Crippen molar-refractivity contribution >= 4 is 5.78 Å². The predicted molar refractivity (Wildman–Crippen MR) is 94.8 cm³/mol. The molecule has 2 aromatic rings. The fourth-order valence-corrected chi connectivity index (χ4v) is 2.77. The van der Waals surface area contributed by atoms with Crippen LogP contribution in [0.25, 0.3) is 0 Å². The number of Topliss-reactive ketones (excluding diaryl/α,β-unsaturated/α-hetero) is 1. The third-order valence-corrected chi connectivity index (χ3v) is 4.22. The number of aromatic amines is 1. The van der Waals surface area contributed by atoms with E-state index in [1.54, 1.807) is 6.20 Å². The molecule has 0 saturated carbocycles. The normalized spacial score (nSPS) is 10.8. The van der Waals surface area contributed by atoms with Crippen LogP contribution in [0.1, 0.15) is 73.6 Å². The Hall–Kier alpha value is -1.90. The minimum absolute atomic E-state index is 0.283. The average Bonchev–Trinajstić information content (AvgIpc) is 3.09. The van der Waals surface area contributed by atoms with Crippen LogP contribution < -0.4 is 0 Å². The summed E-state index contributed by atoms with van der Waals surface area (Å²) < 4.78 is 0. The Kier molecular flexibility index (Phi) is 7.58. The Balaban J connectivity index is 1.68. The summed E-state index contributed by atoms with van der Waals surface area (Å²) in [6.07, 6.45) is 13.3. The van der Waals surface area contributed by atoms with Crippen molar-refractivity contribution in [2.75, 3.05) is 0 Å². The smallest absolute Gasteiger partial charge is 0.162 e. The number of H-pyrrole nitrogens is 1. The van der Waals surface area contributed by atoms with E-state index in [9.17, 15) is 4.79 Å². The summed E-state index contributed by atoms with van der Waals surface area (Å²) in [7, 11) is 0. The Morgan fingerprint density at radius 3 is 2.48 bits per heavy atom. The molecule has 1 N–H and O–H groups in total. The number of nitrogens with zero attached hydrogens (tertiary/aromatic N) is 1. The lowest BCUT2D eigenvalue weighted by Gasteiger charge is -2.04. The van der Waals surface area contributed by atoms with Crippen molar-refractivity contribution in [2.24, 2.45) is 0 Å². The van der Waals surface area contributed by atoms with E-state index in [4.69, 9.17) is 0 Å². The van der Waals surface area contributed by atoms with Crippen LogP contribution in [0.5, 0.6) is 0 Å². The molecule has 0 aliphatic rings. The number of benzene rings is 1. The molecule has 3 nitrogen and oxygen atoms in total. The number of carbonyl (C=O) groups excluding carboxylic acids is 1. The van der Waals surface area contributed by atoms with Gasteiger partial charge in [0.15, 0.2) is 5.78 Å². The highest BCUT2D eigenvalue weighted by molar-refractivity contribution is 5.96. The number of aromatic nitrogens is 2. The third kappa shape index (κ3) is 6.39. The lowest BCUT2D eigenvalue weighted by Crippen LogP contribution is -1.99. The predicted octanol–water partition coefficient (Wildman–Crippen LogP) is 5.13. The van der Waals surface area contributed by atoms with Gasteiger partial charge in [-0.1, -0.05) is 50.5 Å². The first-order chi connectivity index (χ1) is 11.3. The molecule has 2 rings (SSSR count). The van der Waals surface area contributed by atoms with Crippen molar-refractivity contribution in [1.82, 2.24) is 9.97 Å². The Morgan fingerprint density at radius 2 is 1.78 bits per heavy atom. The Labute approximate surface area is 139 Å². The first-order valence-electron chi connectivity index (χ1n) is 8.90. The van der Waals surface area contributed by atoms with Crippen LogP contribution in [0.3, 0.4) is 0 Å². The van der Waals surface area contributed by atoms with Gasteiger partial charge in [0.25, 0.3) is 0 Å². The third-order valence-electron chi connectivity index (χ3n) is 4.22. The zero-order valence-corrected chi connectivity index (χ0v) is 14.2. The van der Waals surface area contributed by atoms with Gasteiger partial charge in [0.2, 0.25) is 0 Å². The van der Waals surface area contributed by atoms with E-state index in [1.807, 2.05) is 18.3 Å². The Morgan fingerprint density at radius 1 is 1.00 bits per heavy atom. The fourth-order valence-electron chi connectivity index (χ4n) is 2.77. The molecule has 1 heterocycles. The first kappa shape index (κ1) is 17.5. The molecule has 0 aliphatic carbocycles. The average molecular weight is 312 g/mol. The summed E-state index contributed by atoms with van der Waals surface area (Å²) in [5.74, 6) is 1.35. The van der Waals surface area contributed by atoms with Crippen LogP contribution in [0.4, 0.5) is 0 Å². The summed E-state index contributed by atoms with van der Waals surface area (Å²) >= 11 is 0. The van der Waals surface area contributed by atoms with Crippen LogP contribution in [0.15, 0.2) is 36.7 Å². The van der Waals surface area contributed by atoms with Gasteiger partial charge in [-0.2, -0.15) is 0 Å². The molecule has 0 amide bonds. The van der Waals surface area contributed by atoms with E-state index in [-0.39, 0.29) is 5.78 Å². The molecular weight excluding hydrogens is 284 g/mol. The summed E-state index contributed by atoms with van der Waals surface area (Å²) in [5.41, 5.74) is 2.17. The van der Waals surface area contributed by atoms with Gasteiger partial charge in [-0.05, 0) is 31.2 Å². The minimum atomic E-state index is 0.283. The number of aryl methyl sites for hydroxylation is 2. The van der Waals surface area contributed by atoms with Crippen LogP contribution >= 0.6 is 0 Å². The lowest BCUT2D eigenvalue weighted by molar-refractivity contribution is 0.0979. The van der Waals surface area contributed by atoms with E-state index >= 15 is 0 Å². The Bertz CT molecular complexity index is 558. The van der Waals surface area contributed by atoms with Crippen LogP contribution in [0, 0.1) is 0 Å². The zero-order valence-electron chi connectivity index (χ0n) is 14.2. The molecule has 0 atom stereocenters. The maximum absolute atomic E-state index is 12.1. The van der Waals surface area contributed by atoms with Gasteiger partial charge in [0, 0.05) is 30.8 Å². The fraction of sp³-hybridized carbons (Fsp3) is 0.500. The van der Waals surface area contributed by atoms with Crippen molar-refractivity contribution in [3.05, 3.63) is 53.6 Å². The standard InChI is InChI=1S/C20H28N2O/c1-2-3-4-5-9-19(23)18-13-11-17(12-14-18)8-6-7-10-20-21-15-16-22-20/h11-16H,2-10H2,1H3,(H,21,22). The minimum Gasteiger partial charge on any atom is -0.349 e. The topological polar surface area (TPSA) is 45.8 Å². The number of nitrogens with one attached hydrogen (secondary N) is 1. The molecule has 1 aromatic carbocycles. The van der Waals surface area contributed by atoms with Gasteiger partial charge in [0.1, 0.15) is 5.82 Å². The number of unbranched alkanes of at least 4 members (excludes halogenated alkanes) is 4. The molecule has 23 heavy (non-hydrogen) atoms. The van der Waals surface area contributed by atoms with Gasteiger partial charge >= 0.3 is 0 Å². The second kappa shape index (κ2) is 9.98. The molecule has 0 radical (unpaired) electrons. The quantitative estimate of drug-likeness (QED) is 0.462. The number of ketones is 1. The summed E-state index contributed by atoms with van der Waals surface area (Å²) in [5, 5.41) is 0. The lowest BCUT2D eigenvalue weighted by atomic mass is 10.0. The molecule has 1 aromatic heterocycles. The molecule has 0 saturated heterocycles. The van der Waals surface area contributed by atoms with Gasteiger partial charge < -0.3 is 4.98 Å². The number of carbonyl (C=O) groups is 1. The van der Waals surface area contributed by atoms with Gasteiger partial charge in [0.05, 0.1) is 0 Å². The molecule has 0 unspecified atom stereocenters.